The van der Waals surface area contributed by atoms with Crippen molar-refractivity contribution in [1.29, 1.82) is 0 Å². The number of methoxy groups -OCH3 is 1. The lowest BCUT2D eigenvalue weighted by Crippen LogP contribution is -2.66. The zero-order valence-corrected chi connectivity index (χ0v) is 32.0. The van der Waals surface area contributed by atoms with Crippen LogP contribution in [0.2, 0.25) is 24.7 Å². The van der Waals surface area contributed by atoms with E-state index >= 15 is 0 Å². The van der Waals surface area contributed by atoms with Crippen LogP contribution < -0.4 is 4.74 Å². The lowest BCUT2D eigenvalue weighted by atomic mass is 9.86. The van der Waals surface area contributed by atoms with Crippen molar-refractivity contribution < 1.29 is 46.0 Å². The fraction of sp³-hybridized carbons (Fsp3) is 0.676. The Morgan fingerprint density at radius 1 is 0.837 bits per heavy atom. The van der Waals surface area contributed by atoms with Gasteiger partial charge in [0, 0.05) is 37.5 Å². The Balaban J connectivity index is 2.07. The van der Waals surface area contributed by atoms with Crippen LogP contribution in [-0.2, 0) is 40.3 Å². The Bertz CT molecular complexity index is 1240. The van der Waals surface area contributed by atoms with Crippen LogP contribution in [-0.4, -0.2) is 79.1 Å². The molecule has 0 unspecified atom stereocenters. The number of hydrogen-bond acceptors (Lipinski definition) is 7. The number of halogens is 4. The summed E-state index contributed by atoms with van der Waals surface area (Å²) in [5, 5.41) is 0.529. The molecule has 2 aromatic carbocycles. The molecule has 2 aromatic rings. The molecule has 1 aliphatic rings. The molecule has 5 atom stereocenters. The summed E-state index contributed by atoms with van der Waals surface area (Å²) >= 11 is 6.76. The molecule has 0 N–H and O–H groups in total. The lowest BCUT2D eigenvalue weighted by Gasteiger charge is -2.52. The van der Waals surface area contributed by atoms with Crippen LogP contribution in [0.1, 0.15) is 76.0 Å². The first kappa shape index (κ1) is 41.7. The van der Waals surface area contributed by atoms with Crippen LogP contribution in [0.3, 0.4) is 0 Å². The summed E-state index contributed by atoms with van der Waals surface area (Å²) in [5.74, 6) is -1.25. The van der Waals surface area contributed by atoms with Gasteiger partial charge in [-0.2, -0.15) is 13.2 Å². The molecular weight excluding hydrogens is 677 g/mol. The first-order valence-corrected chi connectivity index (χ1v) is 21.3. The number of benzene rings is 2. The Morgan fingerprint density at radius 2 is 1.43 bits per heavy atom. The molecule has 0 radical (unpaired) electrons. The summed E-state index contributed by atoms with van der Waals surface area (Å²) in [6, 6.07) is 12.2. The number of hydrogen-bond donors (Lipinski definition) is 0. The molecule has 1 heterocycles. The van der Waals surface area contributed by atoms with E-state index in [1.165, 1.54) is 12.1 Å². The predicted molar refractivity (Wildman–Crippen MR) is 189 cm³/mol. The van der Waals surface area contributed by atoms with Crippen LogP contribution in [0.15, 0.2) is 42.5 Å². The van der Waals surface area contributed by atoms with E-state index in [0.717, 1.165) is 49.7 Å². The minimum atomic E-state index is -4.41. The molecule has 1 saturated heterocycles. The monoisotopic (exact) mass is 732 g/mol. The third-order valence-corrected chi connectivity index (χ3v) is 9.66. The molecule has 0 amide bonds. The van der Waals surface area contributed by atoms with Gasteiger partial charge in [-0.25, -0.2) is 0 Å². The van der Waals surface area contributed by atoms with Crippen LogP contribution >= 0.6 is 11.6 Å². The van der Waals surface area contributed by atoms with Gasteiger partial charge in [0.1, 0.15) is 30.2 Å². The molecule has 0 saturated carbocycles. The summed E-state index contributed by atoms with van der Waals surface area (Å²) in [6.07, 6.45) is -0.668. The SMILES string of the molecule is CCCCO[C@H]1[C@H](OCCCC)[C@@H](CO[Si](C)(C)C)O[C@@](OC)(c2ccc(Cl)c(Cc3ccc(OCC(F)(F)F)cc3)c2)[C@@H]1OCCCC. The lowest BCUT2D eigenvalue weighted by molar-refractivity contribution is -0.380. The first-order chi connectivity index (χ1) is 23.3. The van der Waals surface area contributed by atoms with Crippen molar-refractivity contribution >= 4 is 19.9 Å². The Morgan fingerprint density at radius 3 is 1.98 bits per heavy atom. The Labute approximate surface area is 297 Å². The molecule has 0 aliphatic carbocycles. The maximum absolute atomic E-state index is 12.6. The average Bonchev–Trinajstić information content (AvgIpc) is 3.05. The molecule has 3 rings (SSSR count). The molecule has 0 bridgehead atoms. The molecule has 1 fully saturated rings. The van der Waals surface area contributed by atoms with Crippen molar-refractivity contribution in [2.75, 3.05) is 40.1 Å². The summed E-state index contributed by atoms with van der Waals surface area (Å²) in [5.41, 5.74) is 2.34. The van der Waals surface area contributed by atoms with Crippen molar-refractivity contribution in [3.63, 3.8) is 0 Å². The molecule has 12 heteroatoms. The van der Waals surface area contributed by atoms with Crippen molar-refractivity contribution in [3.8, 4) is 5.75 Å². The highest BCUT2D eigenvalue weighted by atomic mass is 35.5. The van der Waals surface area contributed by atoms with E-state index in [1.54, 1.807) is 19.2 Å². The normalized spacial score (nSPS) is 23.2. The summed E-state index contributed by atoms with van der Waals surface area (Å²) in [4.78, 5) is 0. The largest absolute Gasteiger partial charge is 0.484 e. The highest BCUT2D eigenvalue weighted by Crippen LogP contribution is 2.44. The van der Waals surface area contributed by atoms with E-state index in [1.807, 2.05) is 18.2 Å². The summed E-state index contributed by atoms with van der Waals surface area (Å²) < 4.78 is 82.7. The number of alkyl halides is 3. The van der Waals surface area contributed by atoms with Gasteiger partial charge in [-0.15, -0.1) is 0 Å². The van der Waals surface area contributed by atoms with Crippen LogP contribution in [0, 0.1) is 0 Å². The molecular formula is C37H56ClF3O7Si. The highest BCUT2D eigenvalue weighted by Gasteiger charge is 2.58. The Kier molecular flexibility index (Phi) is 16.8. The second-order valence-corrected chi connectivity index (χ2v) is 18.4. The zero-order chi connectivity index (χ0) is 36.1. The van der Waals surface area contributed by atoms with Crippen molar-refractivity contribution in [1.82, 2.24) is 0 Å². The topological polar surface area (TPSA) is 64.6 Å². The number of ether oxygens (including phenoxy) is 6. The molecule has 0 spiro atoms. The van der Waals surface area contributed by atoms with E-state index in [2.05, 4.69) is 40.4 Å². The van der Waals surface area contributed by atoms with Gasteiger partial charge >= 0.3 is 6.18 Å². The van der Waals surface area contributed by atoms with Crippen molar-refractivity contribution in [3.05, 3.63) is 64.2 Å². The van der Waals surface area contributed by atoms with E-state index in [9.17, 15) is 13.2 Å². The van der Waals surface area contributed by atoms with Crippen molar-refractivity contribution in [2.24, 2.45) is 0 Å². The first-order valence-electron chi connectivity index (χ1n) is 17.6. The van der Waals surface area contributed by atoms with Gasteiger partial charge < -0.3 is 32.8 Å². The predicted octanol–water partition coefficient (Wildman–Crippen LogP) is 9.48. The van der Waals surface area contributed by atoms with Crippen LogP contribution in [0.25, 0.3) is 0 Å². The molecule has 278 valence electrons. The standard InChI is InChI=1S/C37H56ClF3O7Si/c1-8-11-20-43-33-32(25-47-49(5,6)7)48-37(42-4,35(45-22-13-10-3)34(33)44-21-12-9-2)29-16-19-31(38)28(24-29)23-27-14-17-30(18-15-27)46-26-36(39,40)41/h14-19,24,32-35H,8-13,20-23,25-26H2,1-7H3/t32-,33-,34+,35-,37+/m1/s1. The maximum atomic E-state index is 12.6. The number of unbranched alkanes of at least 4 members (excludes halogenated alkanes) is 3. The van der Waals surface area contributed by atoms with Gasteiger partial charge in [0.2, 0.25) is 5.79 Å². The second kappa shape index (κ2) is 19.8. The third kappa shape index (κ3) is 12.8. The fourth-order valence-corrected chi connectivity index (χ4v) is 6.47. The summed E-state index contributed by atoms with van der Waals surface area (Å²) in [6.45, 7) is 13.3. The van der Waals surface area contributed by atoms with Crippen molar-refractivity contribution in [2.45, 2.75) is 122 Å². The van der Waals surface area contributed by atoms with Gasteiger partial charge in [0.25, 0.3) is 0 Å². The van der Waals surface area contributed by atoms with Crippen LogP contribution in [0.5, 0.6) is 5.75 Å². The minimum Gasteiger partial charge on any atom is -0.484 e. The van der Waals surface area contributed by atoms with Gasteiger partial charge in [0.05, 0.1) is 6.61 Å². The van der Waals surface area contributed by atoms with Gasteiger partial charge in [-0.3, -0.25) is 0 Å². The quantitative estimate of drug-likeness (QED) is 0.0936. The van der Waals surface area contributed by atoms with Gasteiger partial charge in [-0.05, 0) is 80.7 Å². The van der Waals surface area contributed by atoms with Gasteiger partial charge in [0.15, 0.2) is 14.9 Å². The highest BCUT2D eigenvalue weighted by molar-refractivity contribution is 6.69. The number of rotatable bonds is 21. The smallest absolute Gasteiger partial charge is 0.422 e. The zero-order valence-electron chi connectivity index (χ0n) is 30.2. The van der Waals surface area contributed by atoms with E-state index in [0.29, 0.717) is 43.4 Å². The van der Waals surface area contributed by atoms with Gasteiger partial charge in [-0.1, -0.05) is 69.8 Å². The van der Waals surface area contributed by atoms with E-state index < -0.39 is 51.3 Å². The fourth-order valence-electron chi connectivity index (χ4n) is 5.62. The molecule has 1 aliphatic heterocycles. The molecule has 0 aromatic heterocycles. The summed E-state index contributed by atoms with van der Waals surface area (Å²) in [7, 11) is -0.337. The third-order valence-electron chi connectivity index (χ3n) is 8.25. The van der Waals surface area contributed by atoms with Crippen LogP contribution in [0.4, 0.5) is 13.2 Å². The van der Waals surface area contributed by atoms with E-state index in [4.69, 9.17) is 44.4 Å². The second-order valence-electron chi connectivity index (χ2n) is 13.5. The Hall–Kier alpha value is -1.70. The molecule has 49 heavy (non-hydrogen) atoms. The minimum absolute atomic E-state index is 0.137. The molecule has 7 nitrogen and oxygen atoms in total. The average molecular weight is 733 g/mol. The van der Waals surface area contributed by atoms with E-state index in [-0.39, 0.29) is 5.75 Å². The maximum Gasteiger partial charge on any atom is 0.422 e.